The van der Waals surface area contributed by atoms with E-state index in [1.165, 1.54) is 5.56 Å². The quantitative estimate of drug-likeness (QED) is 0.901. The Bertz CT molecular complexity index is 583. The Morgan fingerprint density at radius 1 is 1.00 bits per heavy atom. The summed E-state index contributed by atoms with van der Waals surface area (Å²) in [7, 11) is 0. The fourth-order valence-corrected chi connectivity index (χ4v) is 2.56. The molecule has 0 saturated heterocycles. The van der Waals surface area contributed by atoms with Gasteiger partial charge < -0.3 is 14.8 Å². The molecule has 0 bridgehead atoms. The SMILES string of the molecule is CCC(Nc1ccc2c(c1)OCCCO2)c1ccccc1. The summed E-state index contributed by atoms with van der Waals surface area (Å²) in [5, 5.41) is 3.58. The Hall–Kier alpha value is -2.16. The number of hydrogen-bond acceptors (Lipinski definition) is 3. The second-order valence-corrected chi connectivity index (χ2v) is 5.23. The van der Waals surface area contributed by atoms with Crippen LogP contribution in [-0.2, 0) is 0 Å². The van der Waals surface area contributed by atoms with E-state index in [2.05, 4.69) is 42.6 Å². The number of rotatable bonds is 4. The zero-order valence-electron chi connectivity index (χ0n) is 12.3. The van der Waals surface area contributed by atoms with E-state index in [4.69, 9.17) is 9.47 Å². The molecule has 1 heterocycles. The van der Waals surface area contributed by atoms with E-state index in [-0.39, 0.29) is 0 Å². The Balaban J connectivity index is 1.79. The van der Waals surface area contributed by atoms with E-state index < -0.39 is 0 Å². The van der Waals surface area contributed by atoms with Crippen molar-refractivity contribution in [1.82, 2.24) is 0 Å². The van der Waals surface area contributed by atoms with Crippen molar-refractivity contribution in [2.24, 2.45) is 0 Å². The lowest BCUT2D eigenvalue weighted by Gasteiger charge is -2.19. The maximum absolute atomic E-state index is 5.75. The summed E-state index contributed by atoms with van der Waals surface area (Å²) >= 11 is 0. The van der Waals surface area contributed by atoms with E-state index in [1.807, 2.05) is 18.2 Å². The third-order valence-electron chi connectivity index (χ3n) is 3.70. The molecule has 1 aliphatic rings. The molecule has 0 saturated carbocycles. The molecule has 1 unspecified atom stereocenters. The largest absolute Gasteiger partial charge is 0.490 e. The number of ether oxygens (including phenoxy) is 2. The average molecular weight is 283 g/mol. The van der Waals surface area contributed by atoms with Gasteiger partial charge in [0.1, 0.15) is 0 Å². The molecule has 21 heavy (non-hydrogen) atoms. The molecule has 1 N–H and O–H groups in total. The van der Waals surface area contributed by atoms with Crippen molar-refractivity contribution in [1.29, 1.82) is 0 Å². The fourth-order valence-electron chi connectivity index (χ4n) is 2.56. The first kappa shape index (κ1) is 13.8. The molecule has 0 spiro atoms. The summed E-state index contributed by atoms with van der Waals surface area (Å²) < 4.78 is 11.4. The Kier molecular flexibility index (Phi) is 4.29. The van der Waals surface area contributed by atoms with Gasteiger partial charge in [-0.15, -0.1) is 0 Å². The van der Waals surface area contributed by atoms with Crippen LogP contribution in [0.25, 0.3) is 0 Å². The zero-order chi connectivity index (χ0) is 14.5. The lowest BCUT2D eigenvalue weighted by Crippen LogP contribution is -2.09. The van der Waals surface area contributed by atoms with E-state index >= 15 is 0 Å². The molecule has 0 amide bonds. The normalized spacial score (nSPS) is 15.1. The molecule has 2 aromatic rings. The lowest BCUT2D eigenvalue weighted by atomic mass is 10.0. The molecule has 3 heteroatoms. The molecule has 1 aliphatic heterocycles. The highest BCUT2D eigenvalue weighted by atomic mass is 16.5. The molecule has 3 nitrogen and oxygen atoms in total. The minimum atomic E-state index is 0.302. The Morgan fingerprint density at radius 3 is 2.52 bits per heavy atom. The summed E-state index contributed by atoms with van der Waals surface area (Å²) in [5.74, 6) is 1.67. The molecular weight excluding hydrogens is 262 g/mol. The van der Waals surface area contributed by atoms with Crippen molar-refractivity contribution < 1.29 is 9.47 Å². The van der Waals surface area contributed by atoms with Crippen LogP contribution in [0.4, 0.5) is 5.69 Å². The molecule has 0 aromatic heterocycles. The van der Waals surface area contributed by atoms with Crippen LogP contribution in [0.1, 0.15) is 31.4 Å². The van der Waals surface area contributed by atoms with Crippen LogP contribution >= 0.6 is 0 Å². The van der Waals surface area contributed by atoms with Gasteiger partial charge in [0.2, 0.25) is 0 Å². The minimum Gasteiger partial charge on any atom is -0.490 e. The maximum Gasteiger partial charge on any atom is 0.163 e. The molecule has 0 aliphatic carbocycles. The van der Waals surface area contributed by atoms with Gasteiger partial charge >= 0.3 is 0 Å². The summed E-state index contributed by atoms with van der Waals surface area (Å²) in [4.78, 5) is 0. The number of anilines is 1. The van der Waals surface area contributed by atoms with Gasteiger partial charge in [-0.3, -0.25) is 0 Å². The van der Waals surface area contributed by atoms with Crippen LogP contribution in [0.2, 0.25) is 0 Å². The number of fused-ring (bicyclic) bond motifs is 1. The van der Waals surface area contributed by atoms with Crippen LogP contribution in [0.15, 0.2) is 48.5 Å². The van der Waals surface area contributed by atoms with Crippen LogP contribution in [0.5, 0.6) is 11.5 Å². The van der Waals surface area contributed by atoms with Crippen LogP contribution in [0.3, 0.4) is 0 Å². The molecule has 0 radical (unpaired) electrons. The number of hydrogen-bond donors (Lipinski definition) is 1. The highest BCUT2D eigenvalue weighted by Crippen LogP contribution is 2.33. The van der Waals surface area contributed by atoms with Gasteiger partial charge in [0.15, 0.2) is 11.5 Å². The van der Waals surface area contributed by atoms with E-state index in [9.17, 15) is 0 Å². The van der Waals surface area contributed by atoms with Crippen molar-refractivity contribution in [2.45, 2.75) is 25.8 Å². The minimum absolute atomic E-state index is 0.302. The highest BCUT2D eigenvalue weighted by molar-refractivity contribution is 5.56. The summed E-state index contributed by atoms with van der Waals surface area (Å²) in [6, 6.07) is 16.9. The predicted molar refractivity (Wildman–Crippen MR) is 85.1 cm³/mol. The number of nitrogens with one attached hydrogen (secondary N) is 1. The second kappa shape index (κ2) is 6.53. The van der Waals surface area contributed by atoms with Crippen LogP contribution in [0, 0.1) is 0 Å². The summed E-state index contributed by atoms with van der Waals surface area (Å²) in [5.41, 5.74) is 2.36. The number of benzene rings is 2. The molecule has 0 fully saturated rings. The topological polar surface area (TPSA) is 30.5 Å². The Labute approximate surface area is 125 Å². The lowest BCUT2D eigenvalue weighted by molar-refractivity contribution is 0.297. The smallest absolute Gasteiger partial charge is 0.163 e. The van der Waals surface area contributed by atoms with Gasteiger partial charge in [-0.25, -0.2) is 0 Å². The maximum atomic E-state index is 5.75. The monoisotopic (exact) mass is 283 g/mol. The molecule has 110 valence electrons. The highest BCUT2D eigenvalue weighted by Gasteiger charge is 2.13. The zero-order valence-corrected chi connectivity index (χ0v) is 12.3. The van der Waals surface area contributed by atoms with Gasteiger partial charge in [-0.1, -0.05) is 37.3 Å². The third-order valence-corrected chi connectivity index (χ3v) is 3.70. The van der Waals surface area contributed by atoms with E-state index in [0.717, 1.165) is 36.6 Å². The van der Waals surface area contributed by atoms with Gasteiger partial charge in [-0.2, -0.15) is 0 Å². The second-order valence-electron chi connectivity index (χ2n) is 5.23. The molecule has 3 rings (SSSR count). The predicted octanol–water partition coefficient (Wildman–Crippen LogP) is 4.41. The van der Waals surface area contributed by atoms with Crippen molar-refractivity contribution in [3.8, 4) is 11.5 Å². The summed E-state index contributed by atoms with van der Waals surface area (Å²) in [6.45, 7) is 3.63. The average Bonchev–Trinajstić information content (AvgIpc) is 2.78. The van der Waals surface area contributed by atoms with Crippen molar-refractivity contribution >= 4 is 5.69 Å². The first-order valence-corrected chi connectivity index (χ1v) is 7.58. The van der Waals surface area contributed by atoms with Crippen LogP contribution in [-0.4, -0.2) is 13.2 Å². The van der Waals surface area contributed by atoms with Crippen molar-refractivity contribution in [3.05, 3.63) is 54.1 Å². The van der Waals surface area contributed by atoms with Crippen molar-refractivity contribution in [3.63, 3.8) is 0 Å². The van der Waals surface area contributed by atoms with Crippen LogP contribution < -0.4 is 14.8 Å². The van der Waals surface area contributed by atoms with E-state index in [0.29, 0.717) is 12.6 Å². The van der Waals surface area contributed by atoms with Gasteiger partial charge in [0.05, 0.1) is 19.3 Å². The van der Waals surface area contributed by atoms with E-state index in [1.54, 1.807) is 0 Å². The van der Waals surface area contributed by atoms with Crippen molar-refractivity contribution in [2.75, 3.05) is 18.5 Å². The summed E-state index contributed by atoms with van der Waals surface area (Å²) in [6.07, 6.45) is 1.96. The van der Waals surface area contributed by atoms with Gasteiger partial charge in [0, 0.05) is 18.2 Å². The Morgan fingerprint density at radius 2 is 1.76 bits per heavy atom. The molecular formula is C18H21NO2. The standard InChI is InChI=1S/C18H21NO2/c1-2-16(14-7-4-3-5-8-14)19-15-9-10-17-18(13-15)21-12-6-11-20-17/h3-5,7-10,13,16,19H,2,6,11-12H2,1H3. The van der Waals surface area contributed by atoms with Gasteiger partial charge in [0.25, 0.3) is 0 Å². The van der Waals surface area contributed by atoms with Gasteiger partial charge in [-0.05, 0) is 24.1 Å². The third kappa shape index (κ3) is 3.30. The fraction of sp³-hybridized carbons (Fsp3) is 0.333. The molecule has 1 atom stereocenters. The first-order chi connectivity index (χ1) is 10.4. The molecule has 2 aromatic carbocycles. The first-order valence-electron chi connectivity index (χ1n) is 7.58.